The van der Waals surface area contributed by atoms with Gasteiger partial charge in [-0.05, 0) is 18.6 Å². The summed E-state index contributed by atoms with van der Waals surface area (Å²) in [5.41, 5.74) is 1.73. The first-order chi connectivity index (χ1) is 7.61. The molecule has 3 nitrogen and oxygen atoms in total. The molecule has 1 aromatic heterocycles. The average Bonchev–Trinajstić information content (AvgIpc) is 2.60. The van der Waals surface area contributed by atoms with Crippen molar-refractivity contribution in [3.8, 4) is 12.3 Å². The van der Waals surface area contributed by atoms with Crippen LogP contribution in [0.15, 0.2) is 12.3 Å². The molecule has 0 radical (unpaired) electrons. The Morgan fingerprint density at radius 3 is 3.00 bits per heavy atom. The number of pyridine rings is 1. The molecule has 0 N–H and O–H groups in total. The van der Waals surface area contributed by atoms with E-state index in [2.05, 4.69) is 10.9 Å². The van der Waals surface area contributed by atoms with Crippen LogP contribution < -0.4 is 4.90 Å². The molecular weight excluding hydrogens is 224 g/mol. The van der Waals surface area contributed by atoms with Gasteiger partial charge in [-0.15, -0.1) is 12.3 Å². The van der Waals surface area contributed by atoms with E-state index in [4.69, 9.17) is 18.0 Å². The maximum Gasteiger partial charge on any atom is 0.228 e. The van der Waals surface area contributed by atoms with Crippen molar-refractivity contribution >= 4 is 23.2 Å². The van der Waals surface area contributed by atoms with Gasteiger partial charge in [0.25, 0.3) is 0 Å². The first kappa shape index (κ1) is 11.0. The van der Waals surface area contributed by atoms with Crippen molar-refractivity contribution in [2.24, 2.45) is 5.92 Å². The second-order valence-corrected chi connectivity index (χ2v) is 4.25. The summed E-state index contributed by atoms with van der Waals surface area (Å²) in [7, 11) is 0. The molecule has 2 heterocycles. The standard InChI is InChI=1S/C12H11ClN2O/c1-3-9-5-12(16)15(7-9)10-6-14-11(13)4-8(10)2/h1,4,6,9H,5,7H2,2H3. The second kappa shape index (κ2) is 4.15. The molecule has 1 saturated heterocycles. The minimum atomic E-state index is 0.00239. The molecule has 0 aliphatic carbocycles. The number of rotatable bonds is 1. The van der Waals surface area contributed by atoms with Crippen LogP contribution in [0.4, 0.5) is 5.69 Å². The maximum atomic E-state index is 11.8. The molecular formula is C12H11ClN2O. The van der Waals surface area contributed by atoms with Gasteiger partial charge >= 0.3 is 0 Å². The summed E-state index contributed by atoms with van der Waals surface area (Å²) in [6.45, 7) is 2.47. The highest BCUT2D eigenvalue weighted by atomic mass is 35.5. The molecule has 1 unspecified atom stereocenters. The van der Waals surface area contributed by atoms with Crippen molar-refractivity contribution in [2.45, 2.75) is 13.3 Å². The van der Waals surface area contributed by atoms with Gasteiger partial charge in [-0.1, -0.05) is 11.6 Å². The summed E-state index contributed by atoms with van der Waals surface area (Å²) in [6.07, 6.45) is 7.37. The van der Waals surface area contributed by atoms with Crippen LogP contribution in [0.5, 0.6) is 0 Å². The molecule has 1 aliphatic heterocycles. The Morgan fingerprint density at radius 2 is 2.44 bits per heavy atom. The maximum absolute atomic E-state index is 11.8. The fraction of sp³-hybridized carbons (Fsp3) is 0.333. The number of aromatic nitrogens is 1. The normalized spacial score (nSPS) is 19.9. The zero-order chi connectivity index (χ0) is 11.7. The van der Waals surface area contributed by atoms with Crippen LogP contribution in [0, 0.1) is 25.2 Å². The van der Waals surface area contributed by atoms with Crippen molar-refractivity contribution < 1.29 is 4.79 Å². The number of carbonyl (C=O) groups excluding carboxylic acids is 1. The zero-order valence-electron chi connectivity index (χ0n) is 8.90. The van der Waals surface area contributed by atoms with Crippen LogP contribution >= 0.6 is 11.6 Å². The molecule has 0 saturated carbocycles. The van der Waals surface area contributed by atoms with Gasteiger partial charge in [0, 0.05) is 18.9 Å². The smallest absolute Gasteiger partial charge is 0.228 e. The summed E-state index contributed by atoms with van der Waals surface area (Å²) < 4.78 is 0. The van der Waals surface area contributed by atoms with Gasteiger partial charge in [-0.25, -0.2) is 4.98 Å². The van der Waals surface area contributed by atoms with E-state index >= 15 is 0 Å². The lowest BCUT2D eigenvalue weighted by atomic mass is 10.1. The number of hydrogen-bond donors (Lipinski definition) is 0. The van der Waals surface area contributed by atoms with E-state index in [1.807, 2.05) is 6.92 Å². The van der Waals surface area contributed by atoms with Crippen LogP contribution in [0.2, 0.25) is 5.15 Å². The molecule has 0 aromatic carbocycles. The minimum absolute atomic E-state index is 0.00239. The molecule has 1 aliphatic rings. The SMILES string of the molecule is C#CC1CC(=O)N(c2cnc(Cl)cc2C)C1. The topological polar surface area (TPSA) is 33.2 Å². The van der Waals surface area contributed by atoms with Gasteiger partial charge in [-0.2, -0.15) is 0 Å². The van der Waals surface area contributed by atoms with Gasteiger partial charge in [0.1, 0.15) is 5.15 Å². The molecule has 82 valence electrons. The van der Waals surface area contributed by atoms with E-state index < -0.39 is 0 Å². The van der Waals surface area contributed by atoms with Gasteiger partial charge in [0.05, 0.1) is 11.9 Å². The molecule has 4 heteroatoms. The zero-order valence-corrected chi connectivity index (χ0v) is 9.66. The van der Waals surface area contributed by atoms with E-state index in [0.717, 1.165) is 11.3 Å². The Hall–Kier alpha value is -1.53. The predicted octanol–water partition coefficient (Wildman–Crippen LogP) is 2.03. The molecule has 16 heavy (non-hydrogen) atoms. The first-order valence-electron chi connectivity index (χ1n) is 5.00. The number of anilines is 1. The highest BCUT2D eigenvalue weighted by molar-refractivity contribution is 6.29. The lowest BCUT2D eigenvalue weighted by Gasteiger charge is -2.17. The minimum Gasteiger partial charge on any atom is -0.309 e. The summed E-state index contributed by atoms with van der Waals surface area (Å²) >= 11 is 5.77. The van der Waals surface area contributed by atoms with Crippen LogP contribution in [0.3, 0.4) is 0 Å². The second-order valence-electron chi connectivity index (χ2n) is 3.87. The lowest BCUT2D eigenvalue weighted by Crippen LogP contribution is -2.25. The summed E-state index contributed by atoms with van der Waals surface area (Å²) in [5.74, 6) is 2.67. The van der Waals surface area contributed by atoms with Crippen LogP contribution in [0.1, 0.15) is 12.0 Å². The third-order valence-corrected chi connectivity index (χ3v) is 2.91. The molecule has 1 atom stereocenters. The predicted molar refractivity (Wildman–Crippen MR) is 63.3 cm³/mol. The first-order valence-corrected chi connectivity index (χ1v) is 5.38. The van der Waals surface area contributed by atoms with Crippen LogP contribution in [-0.4, -0.2) is 17.4 Å². The number of hydrogen-bond acceptors (Lipinski definition) is 2. The van der Waals surface area contributed by atoms with E-state index in [-0.39, 0.29) is 11.8 Å². The molecule has 0 spiro atoms. The summed E-state index contributed by atoms with van der Waals surface area (Å²) in [4.78, 5) is 17.4. The van der Waals surface area contributed by atoms with Gasteiger partial charge in [-0.3, -0.25) is 4.79 Å². The van der Waals surface area contributed by atoms with Crippen molar-refractivity contribution in [1.82, 2.24) is 4.98 Å². The molecule has 1 fully saturated rings. The number of terminal acetylenes is 1. The van der Waals surface area contributed by atoms with E-state index in [1.54, 1.807) is 17.2 Å². The fourth-order valence-corrected chi connectivity index (χ4v) is 2.06. The number of carbonyl (C=O) groups is 1. The Kier molecular flexibility index (Phi) is 2.84. The Morgan fingerprint density at radius 1 is 1.69 bits per heavy atom. The number of amides is 1. The monoisotopic (exact) mass is 234 g/mol. The summed E-state index contributed by atoms with van der Waals surface area (Å²) in [5, 5.41) is 0.432. The third kappa shape index (κ3) is 1.89. The van der Waals surface area contributed by atoms with E-state index in [0.29, 0.717) is 18.1 Å². The van der Waals surface area contributed by atoms with Gasteiger partial charge < -0.3 is 4.90 Å². The van der Waals surface area contributed by atoms with Crippen LogP contribution in [-0.2, 0) is 4.79 Å². The quantitative estimate of drug-likeness (QED) is 0.550. The van der Waals surface area contributed by atoms with Gasteiger partial charge in [0.2, 0.25) is 5.91 Å². The van der Waals surface area contributed by atoms with Crippen molar-refractivity contribution in [2.75, 3.05) is 11.4 Å². The number of nitrogens with zero attached hydrogens (tertiary/aromatic N) is 2. The Labute approximate surface area is 99.4 Å². The highest BCUT2D eigenvalue weighted by Gasteiger charge is 2.30. The van der Waals surface area contributed by atoms with Gasteiger partial charge in [0.15, 0.2) is 0 Å². The largest absolute Gasteiger partial charge is 0.309 e. The molecule has 2 rings (SSSR count). The summed E-state index contributed by atoms with van der Waals surface area (Å²) in [6, 6.07) is 1.74. The third-order valence-electron chi connectivity index (χ3n) is 2.70. The molecule has 1 aromatic rings. The van der Waals surface area contributed by atoms with Crippen molar-refractivity contribution in [3.63, 3.8) is 0 Å². The molecule has 0 bridgehead atoms. The van der Waals surface area contributed by atoms with Crippen molar-refractivity contribution in [3.05, 3.63) is 23.0 Å². The average molecular weight is 235 g/mol. The number of halogens is 1. The Balaban J connectivity index is 2.32. The van der Waals surface area contributed by atoms with E-state index in [1.165, 1.54) is 0 Å². The lowest BCUT2D eigenvalue weighted by molar-refractivity contribution is -0.117. The van der Waals surface area contributed by atoms with Crippen LogP contribution in [0.25, 0.3) is 0 Å². The molecule has 1 amide bonds. The Bertz CT molecular complexity index is 478. The fourth-order valence-electron chi connectivity index (χ4n) is 1.85. The number of aryl methyl sites for hydroxylation is 1. The van der Waals surface area contributed by atoms with Crippen molar-refractivity contribution in [1.29, 1.82) is 0 Å². The highest BCUT2D eigenvalue weighted by Crippen LogP contribution is 2.27. The van der Waals surface area contributed by atoms with E-state index in [9.17, 15) is 4.79 Å².